The Bertz CT molecular complexity index is 378. The van der Waals surface area contributed by atoms with Gasteiger partial charge in [0.2, 0.25) is 0 Å². The van der Waals surface area contributed by atoms with Gasteiger partial charge in [0, 0.05) is 12.5 Å². The van der Waals surface area contributed by atoms with E-state index in [-0.39, 0.29) is 11.6 Å². The van der Waals surface area contributed by atoms with Crippen molar-refractivity contribution < 1.29 is 13.9 Å². The molecule has 0 aromatic heterocycles. The van der Waals surface area contributed by atoms with Crippen molar-refractivity contribution in [3.8, 4) is 11.5 Å². The Balaban J connectivity index is 1.98. The number of piperidine rings is 1. The summed E-state index contributed by atoms with van der Waals surface area (Å²) in [4.78, 5) is 0. The molecule has 3 nitrogen and oxygen atoms in total. The summed E-state index contributed by atoms with van der Waals surface area (Å²) in [6, 6.07) is 4.77. The second-order valence-electron chi connectivity index (χ2n) is 4.52. The molecule has 1 aliphatic rings. The Morgan fingerprint density at radius 3 is 3.00 bits per heavy atom. The average Bonchev–Trinajstić information content (AvgIpc) is 2.40. The molecule has 1 atom stereocenters. The van der Waals surface area contributed by atoms with Crippen LogP contribution in [0.5, 0.6) is 11.5 Å². The third kappa shape index (κ3) is 3.35. The molecule has 1 unspecified atom stereocenters. The van der Waals surface area contributed by atoms with Crippen molar-refractivity contribution in [2.45, 2.75) is 19.8 Å². The van der Waals surface area contributed by atoms with Gasteiger partial charge >= 0.3 is 0 Å². The zero-order valence-corrected chi connectivity index (χ0v) is 10.7. The van der Waals surface area contributed by atoms with Gasteiger partial charge in [-0.25, -0.2) is 4.39 Å². The Morgan fingerprint density at radius 2 is 2.28 bits per heavy atom. The fourth-order valence-electron chi connectivity index (χ4n) is 2.17. The molecule has 0 amide bonds. The Hall–Kier alpha value is -1.29. The van der Waals surface area contributed by atoms with Crippen LogP contribution in [0.2, 0.25) is 0 Å². The summed E-state index contributed by atoms with van der Waals surface area (Å²) in [6.07, 6.45) is 2.29. The molecule has 4 heteroatoms. The van der Waals surface area contributed by atoms with E-state index < -0.39 is 0 Å². The second-order valence-corrected chi connectivity index (χ2v) is 4.52. The highest BCUT2D eigenvalue weighted by Gasteiger charge is 2.16. The van der Waals surface area contributed by atoms with E-state index in [0.717, 1.165) is 25.9 Å². The van der Waals surface area contributed by atoms with Crippen LogP contribution >= 0.6 is 0 Å². The summed E-state index contributed by atoms with van der Waals surface area (Å²) in [5.74, 6) is 0.823. The molecule has 0 spiro atoms. The van der Waals surface area contributed by atoms with Gasteiger partial charge in [-0.15, -0.1) is 0 Å². The van der Waals surface area contributed by atoms with Crippen LogP contribution in [0.15, 0.2) is 18.2 Å². The lowest BCUT2D eigenvalue weighted by molar-refractivity contribution is 0.200. The molecule has 1 saturated heterocycles. The van der Waals surface area contributed by atoms with E-state index >= 15 is 0 Å². The van der Waals surface area contributed by atoms with E-state index in [0.29, 0.717) is 24.9 Å². The lowest BCUT2D eigenvalue weighted by Gasteiger charge is -2.23. The quantitative estimate of drug-likeness (QED) is 0.875. The van der Waals surface area contributed by atoms with Gasteiger partial charge in [-0.05, 0) is 38.4 Å². The standard InChI is InChI=1S/C14H20FNO2/c1-2-17-13-7-3-6-12(15)14(13)18-10-11-5-4-8-16-9-11/h3,6-7,11,16H,2,4-5,8-10H2,1H3. The summed E-state index contributed by atoms with van der Waals surface area (Å²) in [7, 11) is 0. The first-order valence-electron chi connectivity index (χ1n) is 6.56. The molecule has 0 saturated carbocycles. The van der Waals surface area contributed by atoms with Gasteiger partial charge in [0.25, 0.3) is 0 Å². The highest BCUT2D eigenvalue weighted by atomic mass is 19.1. The minimum Gasteiger partial charge on any atom is -0.490 e. The van der Waals surface area contributed by atoms with E-state index in [4.69, 9.17) is 9.47 Å². The molecule has 1 aromatic carbocycles. The number of rotatable bonds is 5. The third-order valence-electron chi connectivity index (χ3n) is 3.09. The van der Waals surface area contributed by atoms with Crippen LogP contribution in [0.1, 0.15) is 19.8 Å². The smallest absolute Gasteiger partial charge is 0.197 e. The summed E-state index contributed by atoms with van der Waals surface area (Å²) in [5.41, 5.74) is 0. The fourth-order valence-corrected chi connectivity index (χ4v) is 2.17. The van der Waals surface area contributed by atoms with Gasteiger partial charge in [-0.1, -0.05) is 6.07 Å². The van der Waals surface area contributed by atoms with E-state index in [1.54, 1.807) is 12.1 Å². The minimum absolute atomic E-state index is 0.241. The van der Waals surface area contributed by atoms with Gasteiger partial charge in [0.05, 0.1) is 13.2 Å². The number of nitrogens with one attached hydrogen (secondary N) is 1. The number of benzene rings is 1. The summed E-state index contributed by atoms with van der Waals surface area (Å²) >= 11 is 0. The van der Waals surface area contributed by atoms with Crippen LogP contribution in [-0.2, 0) is 0 Å². The van der Waals surface area contributed by atoms with Crippen LogP contribution in [0.3, 0.4) is 0 Å². The van der Waals surface area contributed by atoms with E-state index in [9.17, 15) is 4.39 Å². The highest BCUT2D eigenvalue weighted by Crippen LogP contribution is 2.30. The van der Waals surface area contributed by atoms with Crippen molar-refractivity contribution in [2.75, 3.05) is 26.3 Å². The largest absolute Gasteiger partial charge is 0.490 e. The Morgan fingerprint density at radius 1 is 1.39 bits per heavy atom. The van der Waals surface area contributed by atoms with Crippen molar-refractivity contribution in [3.63, 3.8) is 0 Å². The van der Waals surface area contributed by atoms with Gasteiger partial charge in [0.15, 0.2) is 17.3 Å². The first-order valence-corrected chi connectivity index (χ1v) is 6.56. The number of hydrogen-bond donors (Lipinski definition) is 1. The first-order chi connectivity index (χ1) is 8.81. The van der Waals surface area contributed by atoms with E-state index in [1.165, 1.54) is 6.07 Å². The lowest BCUT2D eigenvalue weighted by Crippen LogP contribution is -2.33. The predicted molar refractivity (Wildman–Crippen MR) is 68.7 cm³/mol. The summed E-state index contributed by atoms with van der Waals surface area (Å²) < 4.78 is 24.7. The molecule has 18 heavy (non-hydrogen) atoms. The second kappa shape index (κ2) is 6.59. The van der Waals surface area contributed by atoms with Crippen LogP contribution in [-0.4, -0.2) is 26.3 Å². The number of ether oxygens (including phenoxy) is 2. The van der Waals surface area contributed by atoms with Crippen molar-refractivity contribution >= 4 is 0 Å². The molecule has 0 aliphatic carbocycles. The molecule has 0 bridgehead atoms. The first kappa shape index (κ1) is 13.1. The molecule has 1 fully saturated rings. The third-order valence-corrected chi connectivity index (χ3v) is 3.09. The molecule has 1 aromatic rings. The van der Waals surface area contributed by atoms with Crippen LogP contribution in [0, 0.1) is 11.7 Å². The van der Waals surface area contributed by atoms with Gasteiger partial charge < -0.3 is 14.8 Å². The normalized spacial score (nSPS) is 19.6. The zero-order valence-electron chi connectivity index (χ0n) is 10.7. The van der Waals surface area contributed by atoms with E-state index in [1.807, 2.05) is 6.92 Å². The molecule has 1 heterocycles. The number of para-hydroxylation sites is 1. The van der Waals surface area contributed by atoms with Crippen molar-refractivity contribution in [2.24, 2.45) is 5.92 Å². The van der Waals surface area contributed by atoms with Crippen LogP contribution < -0.4 is 14.8 Å². The van der Waals surface area contributed by atoms with Gasteiger partial charge in [-0.2, -0.15) is 0 Å². The monoisotopic (exact) mass is 253 g/mol. The maximum absolute atomic E-state index is 13.7. The number of hydrogen-bond acceptors (Lipinski definition) is 3. The lowest BCUT2D eigenvalue weighted by atomic mass is 10.0. The van der Waals surface area contributed by atoms with E-state index in [2.05, 4.69) is 5.32 Å². The maximum Gasteiger partial charge on any atom is 0.197 e. The minimum atomic E-state index is -0.357. The molecular weight excluding hydrogens is 233 g/mol. The topological polar surface area (TPSA) is 30.5 Å². The highest BCUT2D eigenvalue weighted by molar-refractivity contribution is 5.40. The molecule has 1 N–H and O–H groups in total. The zero-order chi connectivity index (χ0) is 12.8. The fraction of sp³-hybridized carbons (Fsp3) is 0.571. The molecule has 1 aliphatic heterocycles. The Kier molecular flexibility index (Phi) is 4.81. The van der Waals surface area contributed by atoms with Crippen molar-refractivity contribution in [3.05, 3.63) is 24.0 Å². The maximum atomic E-state index is 13.7. The van der Waals surface area contributed by atoms with Crippen LogP contribution in [0.4, 0.5) is 4.39 Å². The summed E-state index contributed by atoms with van der Waals surface area (Å²) in [6.45, 7) is 4.93. The van der Waals surface area contributed by atoms with Crippen molar-refractivity contribution in [1.29, 1.82) is 0 Å². The van der Waals surface area contributed by atoms with Crippen molar-refractivity contribution in [1.82, 2.24) is 5.32 Å². The van der Waals surface area contributed by atoms with Gasteiger partial charge in [-0.3, -0.25) is 0 Å². The van der Waals surface area contributed by atoms with Crippen LogP contribution in [0.25, 0.3) is 0 Å². The molecule has 0 radical (unpaired) electrons. The van der Waals surface area contributed by atoms with Gasteiger partial charge in [0.1, 0.15) is 0 Å². The Labute approximate surface area is 107 Å². The SMILES string of the molecule is CCOc1cccc(F)c1OCC1CCCNC1. The summed E-state index contributed by atoms with van der Waals surface area (Å²) in [5, 5.41) is 3.32. The molecular formula is C14H20FNO2. The number of halogens is 1. The molecule has 2 rings (SSSR count). The average molecular weight is 253 g/mol. The molecule has 100 valence electrons. The predicted octanol–water partition coefficient (Wildman–Crippen LogP) is 2.60.